The van der Waals surface area contributed by atoms with Crippen molar-refractivity contribution in [2.75, 3.05) is 0 Å². The molecule has 4 amide bonds. The van der Waals surface area contributed by atoms with Crippen molar-refractivity contribution in [2.45, 2.75) is 146 Å². The summed E-state index contributed by atoms with van der Waals surface area (Å²) in [7, 11) is -4.08. The van der Waals surface area contributed by atoms with Gasteiger partial charge < -0.3 is 15.2 Å². The Hall–Kier alpha value is -4.61. The third-order valence-corrected chi connectivity index (χ3v) is 14.1. The lowest BCUT2D eigenvalue weighted by Crippen LogP contribution is -2.64. The number of rotatable bonds is 9. The second kappa shape index (κ2) is 15.5. The lowest BCUT2D eigenvalue weighted by molar-refractivity contribution is -0.219. The molecule has 6 rings (SSSR count). The first-order valence-corrected chi connectivity index (χ1v) is 21.6. The number of carbonyl (C=O) groups is 4. The number of sulfonamides is 1. The average molecular weight is 833 g/mol. The van der Waals surface area contributed by atoms with Crippen molar-refractivity contribution in [2.24, 2.45) is 17.8 Å². The molecule has 318 valence electrons. The van der Waals surface area contributed by atoms with E-state index in [0.29, 0.717) is 25.7 Å². The smallest absolute Gasteiger partial charge is 0.408 e. The van der Waals surface area contributed by atoms with Gasteiger partial charge >= 0.3 is 12.1 Å². The van der Waals surface area contributed by atoms with Crippen molar-refractivity contribution in [3.05, 3.63) is 46.8 Å². The maximum Gasteiger partial charge on any atom is 0.408 e. The van der Waals surface area contributed by atoms with Crippen LogP contribution in [0, 0.1) is 17.8 Å². The van der Waals surface area contributed by atoms with E-state index in [0.717, 1.165) is 16.5 Å². The fourth-order valence-corrected chi connectivity index (χ4v) is 9.86. The Balaban J connectivity index is 1.50. The van der Waals surface area contributed by atoms with Crippen molar-refractivity contribution in [3.63, 3.8) is 0 Å². The van der Waals surface area contributed by atoms with Gasteiger partial charge in [0.05, 0.1) is 22.1 Å². The number of hydrogen-bond donors (Lipinski definition) is 3. The normalized spacial score (nSPS) is 31.3. The van der Waals surface area contributed by atoms with Crippen LogP contribution in [0.3, 0.4) is 0 Å². The molecule has 3 N–H and O–H groups in total. The Morgan fingerprint density at radius 3 is 2.34 bits per heavy atom. The van der Waals surface area contributed by atoms with E-state index in [9.17, 15) is 32.7 Å². The summed E-state index contributed by atoms with van der Waals surface area (Å²) in [6.45, 7) is 11.2. The van der Waals surface area contributed by atoms with Crippen molar-refractivity contribution in [1.82, 2.24) is 29.6 Å². The fourth-order valence-electron chi connectivity index (χ4n) is 8.50. The van der Waals surface area contributed by atoms with Crippen molar-refractivity contribution >= 4 is 44.6 Å². The van der Waals surface area contributed by atoms with Gasteiger partial charge in [0.1, 0.15) is 17.6 Å². The van der Waals surface area contributed by atoms with Gasteiger partial charge in [0.15, 0.2) is 5.60 Å². The molecule has 2 aliphatic heterocycles. The van der Waals surface area contributed by atoms with Crippen molar-refractivity contribution in [1.29, 1.82) is 0 Å². The Bertz CT molecular complexity index is 2180. The number of carboxylic acid groups (broad SMARTS) is 1. The van der Waals surface area contributed by atoms with Gasteiger partial charge in [-0.25, -0.2) is 17.9 Å². The summed E-state index contributed by atoms with van der Waals surface area (Å²) in [5, 5.41) is 16.9. The molecule has 2 saturated carbocycles. The Kier molecular flexibility index (Phi) is 11.5. The summed E-state index contributed by atoms with van der Waals surface area (Å²) in [6, 6.07) is -3.21. The van der Waals surface area contributed by atoms with E-state index >= 15 is 13.6 Å². The maximum atomic E-state index is 17.7. The molecule has 18 heteroatoms. The molecular formula is C40H54F2N6O9S. The van der Waals surface area contributed by atoms with Crippen LogP contribution in [0.1, 0.15) is 106 Å². The molecule has 1 unspecified atom stereocenters. The van der Waals surface area contributed by atoms with E-state index in [1.54, 1.807) is 52.8 Å². The summed E-state index contributed by atoms with van der Waals surface area (Å²) in [4.78, 5) is 70.9. The van der Waals surface area contributed by atoms with Crippen LogP contribution in [0.4, 0.5) is 13.6 Å². The van der Waals surface area contributed by atoms with Gasteiger partial charge in [0.25, 0.3) is 17.4 Å². The predicted molar refractivity (Wildman–Crippen MR) is 209 cm³/mol. The van der Waals surface area contributed by atoms with Crippen LogP contribution in [0.25, 0.3) is 10.8 Å². The van der Waals surface area contributed by atoms with Gasteiger partial charge in [-0.2, -0.15) is 8.78 Å². The van der Waals surface area contributed by atoms with Gasteiger partial charge in [-0.05, 0) is 96.6 Å². The first-order valence-electron chi connectivity index (χ1n) is 20.1. The number of allylic oxidation sites excluding steroid dienone is 1. The number of halogens is 2. The Morgan fingerprint density at radius 2 is 1.74 bits per heavy atom. The number of amides is 4. The summed E-state index contributed by atoms with van der Waals surface area (Å²) in [6.07, 6.45) is 3.45. The SMILES string of the molecule is CCC(C)N(C(=O)O)[C@@H]1C(=O)N2[C@@H](C[C@@](C)(Oc3nn(C(C)C)c(=O)c4ccccc34)C2(F)F)C(=O)N[C@]2(C(=O)NS(=O)(=O)C3CC3)C[C@H]2/C=C\CC[C@H](C)C[C@H]1C. The maximum absolute atomic E-state index is 17.7. The number of ether oxygens (including phenoxy) is 1. The number of hydrogen-bond acceptors (Lipinski definition) is 9. The standard InChI is InChI=1S/C40H54F2N6O9S/c1-8-25(6)46(37(53)54)31-24(5)19-23(4)13-9-10-14-26-20-39(26,36(52)45-58(55,56)27-17-18-27)43-32(49)30-21-38(7,40(41,42)47(30)35(31)51)57-33-28-15-11-12-16-29(28)34(50)48(44-33)22(2)3/h10-12,14-16,22-27,30-31H,8-9,13,17-21H2,1-7H3,(H,43,49)(H,45,52)(H,53,54)/b14-10-/t23-,24+,25?,26+,30-,31-,38+,39+/m0/s1. The van der Waals surface area contributed by atoms with E-state index in [1.165, 1.54) is 12.1 Å². The lowest BCUT2D eigenvalue weighted by atomic mass is 9.86. The quantitative estimate of drug-likeness (QED) is 0.230. The highest BCUT2D eigenvalue weighted by Crippen LogP contribution is 2.51. The molecule has 0 bridgehead atoms. The monoisotopic (exact) mass is 832 g/mol. The predicted octanol–water partition coefficient (Wildman–Crippen LogP) is 4.95. The number of aromatic nitrogens is 2. The van der Waals surface area contributed by atoms with Crippen LogP contribution >= 0.6 is 0 Å². The van der Waals surface area contributed by atoms with E-state index in [-0.39, 0.29) is 46.7 Å². The Labute approximate surface area is 336 Å². The molecule has 0 spiro atoms. The molecule has 58 heavy (non-hydrogen) atoms. The molecule has 1 saturated heterocycles. The molecule has 1 aromatic carbocycles. The molecule has 4 aliphatic rings. The van der Waals surface area contributed by atoms with E-state index < -0.39 is 104 Å². The average Bonchev–Trinajstić information content (AvgIpc) is 4.08. The lowest BCUT2D eigenvalue weighted by Gasteiger charge is -2.42. The zero-order valence-electron chi connectivity index (χ0n) is 33.9. The minimum Gasteiger partial charge on any atom is -0.465 e. The van der Waals surface area contributed by atoms with Crippen molar-refractivity contribution in [3.8, 4) is 5.88 Å². The van der Waals surface area contributed by atoms with Gasteiger partial charge in [-0.3, -0.25) is 33.7 Å². The van der Waals surface area contributed by atoms with E-state index in [4.69, 9.17) is 4.74 Å². The van der Waals surface area contributed by atoms with Crippen LogP contribution in [0.15, 0.2) is 41.2 Å². The zero-order valence-corrected chi connectivity index (χ0v) is 34.7. The summed E-state index contributed by atoms with van der Waals surface area (Å²) < 4.78 is 70.6. The first kappa shape index (κ1) is 43.0. The van der Waals surface area contributed by atoms with Crippen LogP contribution in [0.5, 0.6) is 5.88 Å². The molecular weight excluding hydrogens is 779 g/mol. The van der Waals surface area contributed by atoms with Gasteiger partial charge in [0, 0.05) is 18.4 Å². The van der Waals surface area contributed by atoms with Crippen LogP contribution in [-0.4, -0.2) is 97.5 Å². The fraction of sp³-hybridized carbons (Fsp3) is 0.650. The van der Waals surface area contributed by atoms with Crippen LogP contribution in [0.2, 0.25) is 0 Å². The second-order valence-corrected chi connectivity index (χ2v) is 19.1. The third kappa shape index (κ3) is 7.68. The molecule has 1 aromatic heterocycles. The molecule has 3 fully saturated rings. The number of carbonyl (C=O) groups excluding carboxylic acids is 3. The number of nitrogens with zero attached hydrogens (tertiary/aromatic N) is 4. The molecule has 2 aliphatic carbocycles. The highest BCUT2D eigenvalue weighted by molar-refractivity contribution is 7.91. The number of nitrogens with one attached hydrogen (secondary N) is 2. The van der Waals surface area contributed by atoms with Gasteiger partial charge in [-0.1, -0.05) is 45.1 Å². The second-order valence-electron chi connectivity index (χ2n) is 17.2. The molecule has 0 radical (unpaired) electrons. The van der Waals surface area contributed by atoms with Gasteiger partial charge in [0.2, 0.25) is 21.8 Å². The zero-order chi connectivity index (χ0) is 42.7. The summed E-state index contributed by atoms with van der Waals surface area (Å²) in [5.41, 5.74) is -5.05. The van der Waals surface area contributed by atoms with Gasteiger partial charge in [-0.15, -0.1) is 5.10 Å². The van der Waals surface area contributed by atoms with Crippen LogP contribution < -0.4 is 20.3 Å². The highest BCUT2D eigenvalue weighted by Gasteiger charge is 2.71. The largest absolute Gasteiger partial charge is 0.465 e. The number of fused-ring (bicyclic) bond motifs is 3. The molecule has 3 heterocycles. The minimum absolute atomic E-state index is 0.0330. The molecule has 15 nitrogen and oxygen atoms in total. The number of benzene rings is 1. The summed E-state index contributed by atoms with van der Waals surface area (Å²) >= 11 is 0. The first-order chi connectivity index (χ1) is 27.1. The minimum atomic E-state index is -4.33. The number of alkyl halides is 2. The molecule has 2 aromatic rings. The molecule has 8 atom stereocenters. The van der Waals surface area contributed by atoms with Crippen molar-refractivity contribution < 1.29 is 46.2 Å². The van der Waals surface area contributed by atoms with Crippen LogP contribution in [-0.2, 0) is 24.4 Å². The highest BCUT2D eigenvalue weighted by atomic mass is 32.2. The van der Waals surface area contributed by atoms with E-state index in [1.807, 2.05) is 13.0 Å². The topological polar surface area (TPSA) is 197 Å². The third-order valence-electron chi connectivity index (χ3n) is 12.3. The summed E-state index contributed by atoms with van der Waals surface area (Å²) in [5.74, 6) is -5.49. The van der Waals surface area contributed by atoms with E-state index in [2.05, 4.69) is 15.1 Å². The Morgan fingerprint density at radius 1 is 1.09 bits per heavy atom.